The van der Waals surface area contributed by atoms with Crippen molar-refractivity contribution >= 4 is 15.9 Å². The quantitative estimate of drug-likeness (QED) is 0.782. The molecule has 2 fully saturated rings. The molecule has 1 aromatic carbocycles. The number of sulfonamides is 1. The van der Waals surface area contributed by atoms with Crippen LogP contribution in [0.25, 0.3) is 0 Å². The van der Waals surface area contributed by atoms with Gasteiger partial charge in [0.15, 0.2) is 0 Å². The Kier molecular flexibility index (Phi) is 7.51. The number of benzene rings is 1. The van der Waals surface area contributed by atoms with Gasteiger partial charge in [0.1, 0.15) is 16.5 Å². The first-order chi connectivity index (χ1) is 13.9. The summed E-state index contributed by atoms with van der Waals surface area (Å²) in [4.78, 5) is 12.6. The van der Waals surface area contributed by atoms with Gasteiger partial charge in [-0.1, -0.05) is 32.1 Å². The molecular weight excluding hydrogens is 395 g/mol. The molecule has 0 aromatic heterocycles. The summed E-state index contributed by atoms with van der Waals surface area (Å²) in [5.74, 6) is -0.988. The highest BCUT2D eigenvalue weighted by Gasteiger charge is 2.35. The highest BCUT2D eigenvalue weighted by molar-refractivity contribution is 7.89. The zero-order chi connectivity index (χ0) is 20.9. The van der Waals surface area contributed by atoms with Gasteiger partial charge >= 0.3 is 0 Å². The van der Waals surface area contributed by atoms with Gasteiger partial charge in [-0.3, -0.25) is 4.79 Å². The Balaban J connectivity index is 1.69. The van der Waals surface area contributed by atoms with Gasteiger partial charge < -0.3 is 10.1 Å². The van der Waals surface area contributed by atoms with Crippen LogP contribution in [0.5, 0.6) is 5.75 Å². The monoisotopic (exact) mass is 426 g/mol. The first-order valence-corrected chi connectivity index (χ1v) is 12.0. The average molecular weight is 427 g/mol. The van der Waals surface area contributed by atoms with Crippen LogP contribution in [0.4, 0.5) is 4.39 Å². The summed E-state index contributed by atoms with van der Waals surface area (Å²) in [6, 6.07) is 3.63. The van der Waals surface area contributed by atoms with E-state index in [0.29, 0.717) is 19.4 Å². The molecule has 1 amide bonds. The fourth-order valence-electron chi connectivity index (χ4n) is 4.29. The van der Waals surface area contributed by atoms with Gasteiger partial charge in [-0.25, -0.2) is 12.8 Å². The summed E-state index contributed by atoms with van der Waals surface area (Å²) in [5, 5.41) is 3.15. The van der Waals surface area contributed by atoms with Crippen molar-refractivity contribution in [1.29, 1.82) is 0 Å². The van der Waals surface area contributed by atoms with E-state index in [1.165, 1.54) is 42.8 Å². The van der Waals surface area contributed by atoms with Crippen molar-refractivity contribution in [2.75, 3.05) is 20.2 Å². The molecule has 1 saturated heterocycles. The van der Waals surface area contributed by atoms with Crippen molar-refractivity contribution in [3.05, 3.63) is 24.0 Å². The Morgan fingerprint density at radius 1 is 1.10 bits per heavy atom. The van der Waals surface area contributed by atoms with Crippen LogP contribution < -0.4 is 10.1 Å². The first kappa shape index (κ1) is 22.0. The summed E-state index contributed by atoms with van der Waals surface area (Å²) in [5.41, 5.74) is 0. The average Bonchev–Trinajstić information content (AvgIpc) is 2.70. The lowest BCUT2D eigenvalue weighted by atomic mass is 9.94. The molecule has 0 radical (unpaired) electrons. The van der Waals surface area contributed by atoms with Crippen LogP contribution in [-0.2, 0) is 14.8 Å². The van der Waals surface area contributed by atoms with Gasteiger partial charge in [0.05, 0.1) is 13.0 Å². The molecule has 1 atom stereocenters. The molecule has 1 aliphatic carbocycles. The molecule has 2 aliphatic rings. The second-order valence-electron chi connectivity index (χ2n) is 8.05. The fraction of sp³-hybridized carbons (Fsp3) is 0.667. The summed E-state index contributed by atoms with van der Waals surface area (Å²) in [7, 11) is -2.59. The molecule has 6 nitrogen and oxygen atoms in total. The van der Waals surface area contributed by atoms with Crippen molar-refractivity contribution in [2.45, 2.75) is 68.7 Å². The molecule has 0 spiro atoms. The third kappa shape index (κ3) is 5.48. The van der Waals surface area contributed by atoms with E-state index < -0.39 is 15.8 Å². The van der Waals surface area contributed by atoms with Crippen molar-refractivity contribution in [3.63, 3.8) is 0 Å². The smallest absolute Gasteiger partial charge is 0.246 e. The number of methoxy groups -OCH3 is 1. The lowest BCUT2D eigenvalue weighted by Gasteiger charge is -2.32. The minimum absolute atomic E-state index is 0.0679. The highest BCUT2D eigenvalue weighted by Crippen LogP contribution is 2.30. The minimum Gasteiger partial charge on any atom is -0.495 e. The van der Waals surface area contributed by atoms with Crippen LogP contribution >= 0.6 is 0 Å². The number of hydrogen-bond acceptors (Lipinski definition) is 4. The number of rotatable bonds is 5. The third-order valence-electron chi connectivity index (χ3n) is 5.95. The van der Waals surface area contributed by atoms with E-state index >= 15 is 0 Å². The number of hydrogen-bond donors (Lipinski definition) is 1. The van der Waals surface area contributed by atoms with E-state index in [2.05, 4.69) is 5.32 Å². The van der Waals surface area contributed by atoms with Gasteiger partial charge in [-0.15, -0.1) is 0 Å². The molecule has 0 unspecified atom stereocenters. The number of ether oxygens (including phenoxy) is 1. The van der Waals surface area contributed by atoms with Crippen LogP contribution in [-0.4, -0.2) is 44.9 Å². The first-order valence-electron chi connectivity index (χ1n) is 10.6. The van der Waals surface area contributed by atoms with Crippen LogP contribution in [0.15, 0.2) is 23.1 Å². The number of nitrogens with one attached hydrogen (secondary N) is 1. The zero-order valence-corrected chi connectivity index (χ0v) is 17.8. The maximum absolute atomic E-state index is 13.7. The summed E-state index contributed by atoms with van der Waals surface area (Å²) in [6.45, 7) is 0.426. The summed E-state index contributed by atoms with van der Waals surface area (Å²) in [6.07, 6.45) is 9.14. The van der Waals surface area contributed by atoms with Crippen molar-refractivity contribution in [3.8, 4) is 5.75 Å². The molecule has 3 rings (SSSR count). The molecular formula is C21H31FN2O4S. The van der Waals surface area contributed by atoms with Crippen LogP contribution in [0.1, 0.15) is 57.8 Å². The zero-order valence-electron chi connectivity index (χ0n) is 17.0. The topological polar surface area (TPSA) is 75.7 Å². The largest absolute Gasteiger partial charge is 0.495 e. The SMILES string of the molecule is COc1ccc(F)cc1S(=O)(=O)N1CCC[C@@H](C(=O)NC2CCCCCCC2)C1. The number of amides is 1. The van der Waals surface area contributed by atoms with E-state index in [9.17, 15) is 17.6 Å². The van der Waals surface area contributed by atoms with E-state index in [0.717, 1.165) is 31.7 Å². The Labute approximate surface area is 172 Å². The Bertz CT molecular complexity index is 807. The molecule has 1 saturated carbocycles. The lowest BCUT2D eigenvalue weighted by molar-refractivity contribution is -0.126. The van der Waals surface area contributed by atoms with Crippen molar-refractivity contribution in [1.82, 2.24) is 9.62 Å². The third-order valence-corrected chi connectivity index (χ3v) is 7.84. The second-order valence-corrected chi connectivity index (χ2v) is 9.95. The number of nitrogens with zero attached hydrogens (tertiary/aromatic N) is 1. The van der Waals surface area contributed by atoms with E-state index in [-0.39, 0.29) is 35.1 Å². The maximum atomic E-state index is 13.7. The van der Waals surface area contributed by atoms with Gasteiger partial charge in [0.2, 0.25) is 15.9 Å². The van der Waals surface area contributed by atoms with E-state index in [1.54, 1.807) is 0 Å². The van der Waals surface area contributed by atoms with Crippen molar-refractivity contribution < 1.29 is 22.3 Å². The van der Waals surface area contributed by atoms with E-state index in [4.69, 9.17) is 4.74 Å². The van der Waals surface area contributed by atoms with Gasteiger partial charge in [0.25, 0.3) is 0 Å². The Hall–Kier alpha value is -1.67. The predicted octanol–water partition coefficient (Wildman–Crippen LogP) is 3.46. The van der Waals surface area contributed by atoms with Gasteiger partial charge in [-0.2, -0.15) is 4.31 Å². The van der Waals surface area contributed by atoms with E-state index in [1.807, 2.05) is 0 Å². The minimum atomic E-state index is -3.95. The molecule has 1 aromatic rings. The number of halogens is 1. The summed E-state index contributed by atoms with van der Waals surface area (Å²) < 4.78 is 46.3. The molecule has 0 bridgehead atoms. The molecule has 1 aliphatic heterocycles. The molecule has 29 heavy (non-hydrogen) atoms. The molecule has 8 heteroatoms. The standard InChI is InChI=1S/C21H31FN2O4S/c1-28-19-12-11-17(22)14-20(19)29(26,27)24-13-7-8-16(15-24)21(25)23-18-9-5-3-2-4-6-10-18/h11-12,14,16,18H,2-10,13,15H2,1H3,(H,23,25)/t16-/m1/s1. The molecule has 1 heterocycles. The molecule has 1 N–H and O–H groups in total. The van der Waals surface area contributed by atoms with Gasteiger partial charge in [-0.05, 0) is 43.9 Å². The highest BCUT2D eigenvalue weighted by atomic mass is 32.2. The van der Waals surface area contributed by atoms with Crippen LogP contribution in [0.3, 0.4) is 0 Å². The number of carbonyl (C=O) groups is 1. The summed E-state index contributed by atoms with van der Waals surface area (Å²) >= 11 is 0. The second kappa shape index (κ2) is 9.89. The fourth-order valence-corrected chi connectivity index (χ4v) is 5.98. The normalized spacial score (nSPS) is 22.5. The maximum Gasteiger partial charge on any atom is 0.246 e. The van der Waals surface area contributed by atoms with Gasteiger partial charge in [0, 0.05) is 19.1 Å². The van der Waals surface area contributed by atoms with Crippen molar-refractivity contribution in [2.24, 2.45) is 5.92 Å². The number of carbonyl (C=O) groups excluding carboxylic acids is 1. The Morgan fingerprint density at radius 3 is 2.48 bits per heavy atom. The predicted molar refractivity (Wildman–Crippen MR) is 109 cm³/mol. The number of piperidine rings is 1. The van der Waals surface area contributed by atoms with Crippen LogP contribution in [0.2, 0.25) is 0 Å². The lowest BCUT2D eigenvalue weighted by Crippen LogP contribution is -2.47. The molecule has 162 valence electrons. The van der Waals surface area contributed by atoms with Crippen LogP contribution in [0, 0.1) is 11.7 Å². The Morgan fingerprint density at radius 2 is 1.79 bits per heavy atom.